The Hall–Kier alpha value is -3.31. The molecule has 2 aliphatic rings. The van der Waals surface area contributed by atoms with Gasteiger partial charge in [0.15, 0.2) is 23.5 Å². The van der Waals surface area contributed by atoms with E-state index in [1.165, 1.54) is 6.33 Å². The zero-order valence-corrected chi connectivity index (χ0v) is 21.8. The Morgan fingerprint density at radius 2 is 1.85 bits per heavy atom. The van der Waals surface area contributed by atoms with Gasteiger partial charge in [-0.15, -0.1) is 0 Å². The van der Waals surface area contributed by atoms with Gasteiger partial charge in [0.05, 0.1) is 46.0 Å². The predicted octanol–water partition coefficient (Wildman–Crippen LogP) is 0.912. The van der Waals surface area contributed by atoms with Gasteiger partial charge in [0, 0.05) is 18.0 Å². The van der Waals surface area contributed by atoms with Crippen molar-refractivity contribution in [2.75, 3.05) is 65.1 Å². The minimum atomic E-state index is -0.844. The molecule has 0 aromatic carbocycles. The second kappa shape index (κ2) is 13.7. The molecule has 0 spiro atoms. The number of carbonyl (C=O) groups excluding carboxylic acids is 1. The summed E-state index contributed by atoms with van der Waals surface area (Å²) in [7, 11) is 0. The molecule has 2 saturated heterocycles. The Kier molecular flexibility index (Phi) is 10.0. The zero-order chi connectivity index (χ0) is 27.7. The summed E-state index contributed by atoms with van der Waals surface area (Å²) in [6.45, 7) is 6.32. The third-order valence-electron chi connectivity index (χ3n) is 5.82. The smallest absolute Gasteiger partial charge is 0.407 e. The second-order valence-electron chi connectivity index (χ2n) is 9.03. The topological polar surface area (TPSA) is 212 Å². The molecule has 2 aliphatic heterocycles. The van der Waals surface area contributed by atoms with Crippen molar-refractivity contribution >= 4 is 23.1 Å². The quantitative estimate of drug-likeness (QED) is 0.137. The van der Waals surface area contributed by atoms with Gasteiger partial charge in [-0.2, -0.15) is 0 Å². The number of azide groups is 1. The average Bonchev–Trinajstić information content (AvgIpc) is 3.57. The molecule has 3 N–H and O–H groups in total. The number of nitrogens with two attached hydrogens (primary N) is 1. The standard InChI is InChI=1S/C22H33N9O8/c1-22(2)38-16-14(37-20(17(16)39-22)31-13-28-15-18(23)26-12-27-19(15)31)11-36-21(32)25-3-5-33-7-9-35-10-8-34-6-4-29-30-24/h12-14,16-17,20H,3-11H2,1-2H3,(H,25,32)(H2,23,26,27)/t14-,16-,17-,20-/m1/s1. The van der Waals surface area contributed by atoms with Crippen molar-refractivity contribution in [2.24, 2.45) is 5.11 Å². The number of aromatic nitrogens is 4. The lowest BCUT2D eigenvalue weighted by Crippen LogP contribution is -2.36. The van der Waals surface area contributed by atoms with Crippen LogP contribution in [0, 0.1) is 0 Å². The van der Waals surface area contributed by atoms with Gasteiger partial charge < -0.3 is 44.2 Å². The van der Waals surface area contributed by atoms with Crippen LogP contribution < -0.4 is 11.1 Å². The van der Waals surface area contributed by atoms with E-state index in [9.17, 15) is 4.79 Å². The normalized spacial score (nSPS) is 23.4. The third-order valence-corrected chi connectivity index (χ3v) is 5.82. The fraction of sp³-hybridized carbons (Fsp3) is 0.727. The predicted molar refractivity (Wildman–Crippen MR) is 133 cm³/mol. The van der Waals surface area contributed by atoms with Crippen LogP contribution in [0.5, 0.6) is 0 Å². The van der Waals surface area contributed by atoms with Crippen molar-refractivity contribution in [3.05, 3.63) is 23.1 Å². The molecule has 0 radical (unpaired) electrons. The number of nitrogens with zero attached hydrogens (tertiary/aromatic N) is 7. The number of hydrogen-bond acceptors (Lipinski definition) is 13. The molecule has 2 aromatic rings. The number of rotatable bonds is 15. The summed E-state index contributed by atoms with van der Waals surface area (Å²) in [4.78, 5) is 27.4. The Balaban J connectivity index is 1.15. The van der Waals surface area contributed by atoms with Gasteiger partial charge in [0.2, 0.25) is 0 Å². The number of hydrogen-bond donors (Lipinski definition) is 2. The Labute approximate surface area is 223 Å². The number of nitrogen functional groups attached to an aromatic ring is 1. The van der Waals surface area contributed by atoms with Crippen molar-refractivity contribution in [1.29, 1.82) is 0 Å². The summed E-state index contributed by atoms with van der Waals surface area (Å²) in [6.07, 6.45) is 0.152. The number of fused-ring (bicyclic) bond motifs is 2. The molecule has 17 nitrogen and oxygen atoms in total. The second-order valence-corrected chi connectivity index (χ2v) is 9.03. The molecule has 2 aromatic heterocycles. The molecule has 0 aliphatic carbocycles. The molecule has 214 valence electrons. The highest BCUT2D eigenvalue weighted by Gasteiger charge is 2.56. The van der Waals surface area contributed by atoms with Crippen LogP contribution in [0.15, 0.2) is 17.8 Å². The van der Waals surface area contributed by atoms with E-state index >= 15 is 0 Å². The van der Waals surface area contributed by atoms with Crippen LogP contribution >= 0.6 is 0 Å². The maximum Gasteiger partial charge on any atom is 0.407 e. The van der Waals surface area contributed by atoms with Crippen molar-refractivity contribution in [2.45, 2.75) is 44.2 Å². The van der Waals surface area contributed by atoms with Gasteiger partial charge in [0.25, 0.3) is 0 Å². The van der Waals surface area contributed by atoms with Gasteiger partial charge >= 0.3 is 6.09 Å². The number of nitrogens with one attached hydrogen (secondary N) is 1. The van der Waals surface area contributed by atoms with E-state index in [4.69, 9.17) is 44.4 Å². The first-order valence-electron chi connectivity index (χ1n) is 12.5. The van der Waals surface area contributed by atoms with Crippen molar-refractivity contribution < 1.29 is 38.0 Å². The highest BCUT2D eigenvalue weighted by Crippen LogP contribution is 2.43. The molecular formula is C22H33N9O8. The summed E-state index contributed by atoms with van der Waals surface area (Å²) in [5, 5.41) is 5.99. The molecule has 17 heteroatoms. The van der Waals surface area contributed by atoms with E-state index in [0.717, 1.165) is 0 Å². The Morgan fingerprint density at radius 1 is 1.13 bits per heavy atom. The molecule has 4 atom stereocenters. The Morgan fingerprint density at radius 3 is 2.62 bits per heavy atom. The maximum absolute atomic E-state index is 12.2. The maximum atomic E-state index is 12.2. The fourth-order valence-electron chi connectivity index (χ4n) is 4.20. The molecule has 0 saturated carbocycles. The van der Waals surface area contributed by atoms with Gasteiger partial charge in [-0.25, -0.2) is 19.7 Å². The van der Waals surface area contributed by atoms with Crippen LogP contribution in [0.25, 0.3) is 21.6 Å². The van der Waals surface area contributed by atoms with Gasteiger partial charge in [0.1, 0.15) is 36.8 Å². The summed E-state index contributed by atoms with van der Waals surface area (Å²) in [5.41, 5.74) is 15.0. The minimum absolute atomic E-state index is 0.0493. The largest absolute Gasteiger partial charge is 0.447 e. The van der Waals surface area contributed by atoms with Crippen molar-refractivity contribution in [3.63, 3.8) is 0 Å². The number of carbonyl (C=O) groups is 1. The number of anilines is 1. The summed E-state index contributed by atoms with van der Waals surface area (Å²) in [5.74, 6) is -0.584. The monoisotopic (exact) mass is 551 g/mol. The fourth-order valence-corrected chi connectivity index (χ4v) is 4.20. The third kappa shape index (κ3) is 7.63. The van der Waals surface area contributed by atoms with Gasteiger partial charge in [-0.3, -0.25) is 4.57 Å². The lowest BCUT2D eigenvalue weighted by atomic mass is 10.1. The van der Waals surface area contributed by atoms with Crippen LogP contribution in [-0.2, 0) is 33.2 Å². The van der Waals surface area contributed by atoms with Gasteiger partial charge in [-0.1, -0.05) is 5.11 Å². The van der Waals surface area contributed by atoms with Crippen LogP contribution in [0.1, 0.15) is 20.1 Å². The summed E-state index contributed by atoms with van der Waals surface area (Å²) < 4.78 is 41.4. The molecular weight excluding hydrogens is 518 g/mol. The number of alkyl carbamates (subject to hydrolysis) is 1. The first-order chi connectivity index (χ1) is 18.9. The van der Waals surface area contributed by atoms with Crippen LogP contribution in [-0.4, -0.2) is 109 Å². The van der Waals surface area contributed by atoms with E-state index in [1.54, 1.807) is 10.9 Å². The first-order valence-corrected chi connectivity index (χ1v) is 12.5. The highest BCUT2D eigenvalue weighted by molar-refractivity contribution is 5.81. The summed E-state index contributed by atoms with van der Waals surface area (Å²) >= 11 is 0. The molecule has 4 heterocycles. The first kappa shape index (κ1) is 28.7. The van der Waals surface area contributed by atoms with Crippen LogP contribution in [0.2, 0.25) is 0 Å². The number of ether oxygens (including phenoxy) is 7. The molecule has 2 fully saturated rings. The molecule has 4 rings (SSSR count). The summed E-state index contributed by atoms with van der Waals surface area (Å²) in [6, 6.07) is 0. The van der Waals surface area contributed by atoms with E-state index in [1.807, 2.05) is 13.8 Å². The SMILES string of the molecule is CC1(C)O[C@@H]2[C@H](O1)[C@@H](COC(=O)NCCOCCOCCOCCN=[N+]=[N-])O[C@H]2n1cnc2c(N)ncnc21. The lowest BCUT2D eigenvalue weighted by molar-refractivity contribution is -0.199. The Bertz CT molecular complexity index is 1140. The van der Waals surface area contributed by atoms with Gasteiger partial charge in [-0.05, 0) is 19.4 Å². The highest BCUT2D eigenvalue weighted by atomic mass is 16.8. The lowest BCUT2D eigenvalue weighted by Gasteiger charge is -2.24. The average molecular weight is 552 g/mol. The number of amides is 1. The molecule has 0 bridgehead atoms. The number of imidazole rings is 1. The molecule has 39 heavy (non-hydrogen) atoms. The molecule has 1 amide bonds. The van der Waals surface area contributed by atoms with E-state index in [-0.39, 0.29) is 25.6 Å². The van der Waals surface area contributed by atoms with E-state index in [0.29, 0.717) is 50.7 Å². The van der Waals surface area contributed by atoms with Crippen molar-refractivity contribution in [1.82, 2.24) is 24.8 Å². The zero-order valence-electron chi connectivity index (χ0n) is 21.8. The van der Waals surface area contributed by atoms with E-state index in [2.05, 4.69) is 30.3 Å². The van der Waals surface area contributed by atoms with Crippen LogP contribution in [0.4, 0.5) is 10.6 Å². The minimum Gasteiger partial charge on any atom is -0.447 e. The van der Waals surface area contributed by atoms with Crippen LogP contribution in [0.3, 0.4) is 0 Å². The van der Waals surface area contributed by atoms with Crippen molar-refractivity contribution in [3.8, 4) is 0 Å². The molecule has 0 unspecified atom stereocenters. The van der Waals surface area contributed by atoms with E-state index < -0.39 is 36.4 Å².